The third kappa shape index (κ3) is 2.07. The molecule has 0 radical (unpaired) electrons. The van der Waals surface area contributed by atoms with Gasteiger partial charge < -0.3 is 5.73 Å². The number of anilines is 1. The van der Waals surface area contributed by atoms with E-state index in [0.717, 1.165) is 0 Å². The molecule has 0 amide bonds. The Hall–Kier alpha value is -1.91. The van der Waals surface area contributed by atoms with E-state index in [0.29, 0.717) is 5.56 Å². The second-order valence-corrected chi connectivity index (χ2v) is 2.99. The zero-order valence-corrected chi connectivity index (χ0v) is 7.69. The first-order chi connectivity index (χ1) is 6.52. The first-order valence-corrected chi connectivity index (χ1v) is 4.03. The molecule has 0 aliphatic rings. The Morgan fingerprint density at radius 1 is 1.57 bits per heavy atom. The van der Waals surface area contributed by atoms with E-state index in [-0.39, 0.29) is 23.6 Å². The van der Waals surface area contributed by atoms with Crippen molar-refractivity contribution in [3.05, 3.63) is 33.9 Å². The molecule has 2 N–H and O–H groups in total. The zero-order valence-electron chi connectivity index (χ0n) is 7.69. The van der Waals surface area contributed by atoms with Gasteiger partial charge in [0.2, 0.25) is 0 Å². The predicted molar refractivity (Wildman–Crippen MR) is 51.9 cm³/mol. The van der Waals surface area contributed by atoms with Crippen molar-refractivity contribution in [2.24, 2.45) is 0 Å². The van der Waals surface area contributed by atoms with Gasteiger partial charge in [-0.05, 0) is 12.5 Å². The third-order valence-electron chi connectivity index (χ3n) is 1.81. The van der Waals surface area contributed by atoms with Crippen molar-refractivity contribution in [2.45, 2.75) is 13.3 Å². The first-order valence-electron chi connectivity index (χ1n) is 4.03. The Kier molecular flexibility index (Phi) is 2.81. The van der Waals surface area contributed by atoms with Crippen LogP contribution >= 0.6 is 0 Å². The van der Waals surface area contributed by atoms with Crippen LogP contribution in [-0.2, 0) is 11.2 Å². The number of carbonyl (C=O) groups is 1. The van der Waals surface area contributed by atoms with Crippen LogP contribution in [0.5, 0.6) is 0 Å². The van der Waals surface area contributed by atoms with Crippen LogP contribution in [0.15, 0.2) is 18.2 Å². The summed E-state index contributed by atoms with van der Waals surface area (Å²) in [6.07, 6.45) is 0.132. The fraction of sp³-hybridized carbons (Fsp3) is 0.222. The van der Waals surface area contributed by atoms with Crippen molar-refractivity contribution in [1.82, 2.24) is 0 Å². The van der Waals surface area contributed by atoms with Crippen LogP contribution in [0, 0.1) is 10.1 Å². The normalized spacial score (nSPS) is 9.79. The van der Waals surface area contributed by atoms with Crippen LogP contribution in [0.3, 0.4) is 0 Å². The molecular formula is C9H10N2O3. The van der Waals surface area contributed by atoms with E-state index in [9.17, 15) is 14.9 Å². The molecule has 0 aromatic heterocycles. The van der Waals surface area contributed by atoms with E-state index in [1.807, 2.05) is 0 Å². The minimum atomic E-state index is -0.557. The molecular weight excluding hydrogens is 184 g/mol. The van der Waals surface area contributed by atoms with E-state index in [2.05, 4.69) is 0 Å². The van der Waals surface area contributed by atoms with E-state index in [1.165, 1.54) is 19.1 Å². The molecule has 0 spiro atoms. The number of hydrogen-bond acceptors (Lipinski definition) is 4. The van der Waals surface area contributed by atoms with Crippen LogP contribution in [0.1, 0.15) is 12.5 Å². The zero-order chi connectivity index (χ0) is 10.7. The predicted octanol–water partition coefficient (Wildman–Crippen LogP) is 1.31. The molecule has 0 saturated heterocycles. The number of benzene rings is 1. The van der Waals surface area contributed by atoms with Gasteiger partial charge in [-0.3, -0.25) is 14.9 Å². The number of ketones is 1. The second-order valence-electron chi connectivity index (χ2n) is 2.99. The number of nitro groups is 1. The number of hydrogen-bond donors (Lipinski definition) is 1. The van der Waals surface area contributed by atoms with Gasteiger partial charge in [-0.1, -0.05) is 12.1 Å². The molecule has 14 heavy (non-hydrogen) atoms. The van der Waals surface area contributed by atoms with Crippen molar-refractivity contribution in [1.29, 1.82) is 0 Å². The van der Waals surface area contributed by atoms with E-state index < -0.39 is 4.92 Å². The molecule has 0 fully saturated rings. The SMILES string of the molecule is CC(=O)Cc1cccc([N+](=O)[O-])c1N. The van der Waals surface area contributed by atoms with Crippen molar-refractivity contribution >= 4 is 17.2 Å². The Bertz CT molecular complexity index is 388. The van der Waals surface area contributed by atoms with Gasteiger partial charge in [0.05, 0.1) is 4.92 Å². The number of rotatable bonds is 3. The largest absolute Gasteiger partial charge is 0.393 e. The van der Waals surface area contributed by atoms with Crippen LogP contribution in [0.4, 0.5) is 11.4 Å². The molecule has 5 heteroatoms. The number of nitro benzene ring substituents is 1. The van der Waals surface area contributed by atoms with Gasteiger partial charge in [-0.2, -0.15) is 0 Å². The molecule has 1 aromatic rings. The van der Waals surface area contributed by atoms with E-state index in [1.54, 1.807) is 6.07 Å². The maximum atomic E-state index is 10.8. The summed E-state index contributed by atoms with van der Waals surface area (Å²) in [5.41, 5.74) is 5.97. The fourth-order valence-corrected chi connectivity index (χ4v) is 1.18. The van der Waals surface area contributed by atoms with E-state index >= 15 is 0 Å². The first kappa shape index (κ1) is 10.2. The average molecular weight is 194 g/mol. The summed E-state index contributed by atoms with van der Waals surface area (Å²) in [6.45, 7) is 1.41. The Morgan fingerprint density at radius 2 is 2.21 bits per heavy atom. The molecule has 0 unspecified atom stereocenters. The molecule has 74 valence electrons. The van der Waals surface area contributed by atoms with Gasteiger partial charge >= 0.3 is 0 Å². The second kappa shape index (κ2) is 3.87. The Labute approximate surface area is 80.7 Å². The minimum Gasteiger partial charge on any atom is -0.393 e. The molecule has 0 heterocycles. The number of nitrogens with two attached hydrogens (primary N) is 1. The molecule has 0 aliphatic heterocycles. The van der Waals surface area contributed by atoms with Crippen molar-refractivity contribution in [3.63, 3.8) is 0 Å². The van der Waals surface area contributed by atoms with Crippen LogP contribution in [0.2, 0.25) is 0 Å². The van der Waals surface area contributed by atoms with Gasteiger partial charge in [0, 0.05) is 12.5 Å². The van der Waals surface area contributed by atoms with Crippen LogP contribution in [0.25, 0.3) is 0 Å². The summed E-state index contributed by atoms with van der Waals surface area (Å²) in [4.78, 5) is 20.8. The monoisotopic (exact) mass is 194 g/mol. The molecule has 1 rings (SSSR count). The highest BCUT2D eigenvalue weighted by Gasteiger charge is 2.14. The lowest BCUT2D eigenvalue weighted by Crippen LogP contribution is -2.03. The summed E-state index contributed by atoms with van der Waals surface area (Å²) in [5, 5.41) is 10.5. The van der Waals surface area contributed by atoms with Crippen molar-refractivity contribution in [2.75, 3.05) is 5.73 Å². The number of Topliss-reactive ketones (excluding diaryl/α,β-unsaturated/α-hetero) is 1. The standard InChI is InChI=1S/C9H10N2O3/c1-6(12)5-7-3-2-4-8(9(7)10)11(13)14/h2-4H,5,10H2,1H3. The fourth-order valence-electron chi connectivity index (χ4n) is 1.18. The topological polar surface area (TPSA) is 86.2 Å². The van der Waals surface area contributed by atoms with Crippen molar-refractivity contribution < 1.29 is 9.72 Å². The number of carbonyl (C=O) groups excluding carboxylic acids is 1. The summed E-state index contributed by atoms with van der Waals surface area (Å²) < 4.78 is 0. The highest BCUT2D eigenvalue weighted by atomic mass is 16.6. The van der Waals surface area contributed by atoms with Gasteiger partial charge in [0.1, 0.15) is 11.5 Å². The quantitative estimate of drug-likeness (QED) is 0.446. The summed E-state index contributed by atoms with van der Waals surface area (Å²) in [7, 11) is 0. The number of nitrogen functional groups attached to an aromatic ring is 1. The molecule has 0 atom stereocenters. The lowest BCUT2D eigenvalue weighted by Gasteiger charge is -2.03. The Morgan fingerprint density at radius 3 is 2.71 bits per heavy atom. The van der Waals surface area contributed by atoms with Crippen LogP contribution in [-0.4, -0.2) is 10.7 Å². The van der Waals surface area contributed by atoms with Gasteiger partial charge in [0.15, 0.2) is 0 Å². The van der Waals surface area contributed by atoms with Crippen LogP contribution < -0.4 is 5.73 Å². The Balaban J connectivity index is 3.13. The molecule has 0 saturated carbocycles. The molecule has 0 aliphatic carbocycles. The highest BCUT2D eigenvalue weighted by Crippen LogP contribution is 2.24. The number of nitrogens with zero attached hydrogens (tertiary/aromatic N) is 1. The lowest BCUT2D eigenvalue weighted by molar-refractivity contribution is -0.383. The summed E-state index contributed by atoms with van der Waals surface area (Å²) in [6, 6.07) is 4.45. The maximum Gasteiger partial charge on any atom is 0.292 e. The lowest BCUT2D eigenvalue weighted by atomic mass is 10.1. The smallest absolute Gasteiger partial charge is 0.292 e. The molecule has 5 nitrogen and oxygen atoms in total. The molecule has 1 aromatic carbocycles. The van der Waals surface area contributed by atoms with Gasteiger partial charge in [0.25, 0.3) is 5.69 Å². The molecule has 0 bridgehead atoms. The van der Waals surface area contributed by atoms with Crippen molar-refractivity contribution in [3.8, 4) is 0 Å². The maximum absolute atomic E-state index is 10.8. The van der Waals surface area contributed by atoms with E-state index in [4.69, 9.17) is 5.73 Å². The summed E-state index contributed by atoms with van der Waals surface area (Å²) in [5.74, 6) is -0.0720. The average Bonchev–Trinajstić information content (AvgIpc) is 2.07. The van der Waals surface area contributed by atoms with Gasteiger partial charge in [-0.15, -0.1) is 0 Å². The minimum absolute atomic E-state index is 0.0720. The highest BCUT2D eigenvalue weighted by molar-refractivity contribution is 5.81. The third-order valence-corrected chi connectivity index (χ3v) is 1.81. The summed E-state index contributed by atoms with van der Waals surface area (Å²) >= 11 is 0. The van der Waals surface area contributed by atoms with Gasteiger partial charge in [-0.25, -0.2) is 0 Å². The number of para-hydroxylation sites is 1.